The molecular weight excluding hydrogens is 669 g/mol. The lowest BCUT2D eigenvalue weighted by Crippen LogP contribution is -2.10. The first-order chi connectivity index (χ1) is 26.7. The van der Waals surface area contributed by atoms with Gasteiger partial charge in [0.2, 0.25) is 0 Å². The molecule has 4 nitrogen and oxygen atoms in total. The number of aromatic nitrogens is 4. The first-order valence-electron chi connectivity index (χ1n) is 19.2. The molecule has 4 heteroatoms. The molecule has 0 aliphatic carbocycles. The summed E-state index contributed by atoms with van der Waals surface area (Å²) in [6.07, 6.45) is 8.64. The van der Waals surface area contributed by atoms with Gasteiger partial charge in [0.05, 0.1) is 22.8 Å². The fourth-order valence-corrected chi connectivity index (χ4v) is 7.80. The molecular formula is C51H44N4. The van der Waals surface area contributed by atoms with E-state index in [2.05, 4.69) is 202 Å². The zero-order valence-corrected chi connectivity index (χ0v) is 32.0. The van der Waals surface area contributed by atoms with E-state index >= 15 is 0 Å². The summed E-state index contributed by atoms with van der Waals surface area (Å²) in [5, 5.41) is 0. The molecule has 0 atom stereocenters. The van der Waals surface area contributed by atoms with Crippen molar-refractivity contribution in [2.24, 2.45) is 0 Å². The summed E-state index contributed by atoms with van der Waals surface area (Å²) in [5.74, 6) is 0.441. The molecule has 0 saturated carbocycles. The predicted molar refractivity (Wildman–Crippen MR) is 233 cm³/mol. The van der Waals surface area contributed by atoms with E-state index in [1.54, 1.807) is 0 Å². The Kier molecular flexibility index (Phi) is 8.54. The molecule has 9 rings (SSSR count). The van der Waals surface area contributed by atoms with Gasteiger partial charge in [-0.25, -0.2) is 9.97 Å². The van der Waals surface area contributed by atoms with Crippen molar-refractivity contribution >= 4 is 46.4 Å². The number of rotatable bonds is 5. The Bertz CT molecular complexity index is 2740. The molecule has 0 radical (unpaired) electrons. The highest BCUT2D eigenvalue weighted by atomic mass is 14.8. The molecule has 55 heavy (non-hydrogen) atoms. The van der Waals surface area contributed by atoms with Gasteiger partial charge in [-0.15, -0.1) is 0 Å². The van der Waals surface area contributed by atoms with E-state index in [-0.39, 0.29) is 5.41 Å². The molecule has 2 N–H and O–H groups in total. The smallest absolute Gasteiger partial charge is 0.0737 e. The minimum atomic E-state index is 0.0449. The Morgan fingerprint density at radius 1 is 0.400 bits per heavy atom. The molecule has 7 aromatic rings. The van der Waals surface area contributed by atoms with Crippen molar-refractivity contribution in [1.29, 1.82) is 0 Å². The quantitative estimate of drug-likeness (QED) is 0.187. The van der Waals surface area contributed by atoms with E-state index < -0.39 is 0 Å². The van der Waals surface area contributed by atoms with Crippen LogP contribution < -0.4 is 0 Å². The van der Waals surface area contributed by atoms with Gasteiger partial charge in [0.25, 0.3) is 0 Å². The summed E-state index contributed by atoms with van der Waals surface area (Å²) in [6.45, 7) is 11.2. The number of nitrogens with zero attached hydrogens (tertiary/aromatic N) is 2. The van der Waals surface area contributed by atoms with E-state index in [4.69, 9.17) is 9.97 Å². The fourth-order valence-electron chi connectivity index (χ4n) is 7.80. The van der Waals surface area contributed by atoms with Crippen LogP contribution in [0.4, 0.5) is 0 Å². The molecule has 0 spiro atoms. The van der Waals surface area contributed by atoms with Gasteiger partial charge in [-0.1, -0.05) is 144 Å². The maximum absolute atomic E-state index is 5.45. The van der Waals surface area contributed by atoms with Crippen molar-refractivity contribution < 1.29 is 0 Å². The number of fused-ring (bicyclic) bond motifs is 8. The van der Waals surface area contributed by atoms with Gasteiger partial charge in [-0.3, -0.25) is 0 Å². The van der Waals surface area contributed by atoms with Crippen LogP contribution in [0.2, 0.25) is 0 Å². The molecule has 2 aliphatic heterocycles. The zero-order valence-electron chi connectivity index (χ0n) is 32.0. The Hall–Kier alpha value is -6.52. The third kappa shape index (κ3) is 6.44. The molecule has 0 saturated heterocycles. The maximum Gasteiger partial charge on any atom is 0.0737 e. The average molecular weight is 713 g/mol. The molecule has 3 aromatic heterocycles. The van der Waals surface area contributed by atoms with E-state index in [1.807, 2.05) is 0 Å². The summed E-state index contributed by atoms with van der Waals surface area (Å²) in [7, 11) is 0. The number of hydrogen-bond acceptors (Lipinski definition) is 2. The van der Waals surface area contributed by atoms with Crippen molar-refractivity contribution in [2.75, 3.05) is 0 Å². The van der Waals surface area contributed by atoms with Crippen LogP contribution in [-0.2, 0) is 5.41 Å². The molecule has 2 aliphatic rings. The van der Waals surface area contributed by atoms with Crippen molar-refractivity contribution in [3.05, 3.63) is 167 Å². The van der Waals surface area contributed by atoms with Crippen LogP contribution in [0.25, 0.3) is 90.9 Å². The minimum Gasteiger partial charge on any atom is -0.354 e. The van der Waals surface area contributed by atoms with E-state index in [0.29, 0.717) is 5.92 Å². The van der Waals surface area contributed by atoms with Gasteiger partial charge in [-0.05, 0) is 93.3 Å². The summed E-state index contributed by atoms with van der Waals surface area (Å²) < 4.78 is 0. The lowest BCUT2D eigenvalue weighted by atomic mass is 9.86. The van der Waals surface area contributed by atoms with Gasteiger partial charge in [0.1, 0.15) is 0 Å². The van der Waals surface area contributed by atoms with Crippen molar-refractivity contribution in [3.63, 3.8) is 0 Å². The second-order valence-electron chi connectivity index (χ2n) is 15.8. The van der Waals surface area contributed by atoms with Crippen LogP contribution in [0.15, 0.2) is 133 Å². The summed E-state index contributed by atoms with van der Waals surface area (Å²) in [5.41, 5.74) is 18.9. The Morgan fingerprint density at radius 3 is 1.05 bits per heavy atom. The number of nitrogens with one attached hydrogen (secondary N) is 2. The van der Waals surface area contributed by atoms with E-state index in [9.17, 15) is 0 Å². The fraction of sp³-hybridized carbons (Fsp3) is 0.137. The Labute approximate surface area is 323 Å². The molecule has 8 bridgehead atoms. The van der Waals surface area contributed by atoms with Gasteiger partial charge in [0, 0.05) is 44.3 Å². The molecule has 268 valence electrons. The predicted octanol–water partition coefficient (Wildman–Crippen LogP) is 13.7. The summed E-state index contributed by atoms with van der Waals surface area (Å²) in [6, 6.07) is 47.8. The first kappa shape index (κ1) is 34.3. The summed E-state index contributed by atoms with van der Waals surface area (Å²) >= 11 is 0. The van der Waals surface area contributed by atoms with E-state index in [0.717, 1.165) is 89.4 Å². The first-order valence-corrected chi connectivity index (χ1v) is 19.2. The normalized spacial score (nSPS) is 12.5. The highest BCUT2D eigenvalue weighted by Crippen LogP contribution is 2.39. The highest BCUT2D eigenvalue weighted by molar-refractivity contribution is 5.99. The average Bonchev–Trinajstić information content (AvgIpc) is 4.04. The number of hydrogen-bond donors (Lipinski definition) is 2. The zero-order chi connectivity index (χ0) is 37.7. The molecule has 0 fully saturated rings. The Balaban J connectivity index is 1.43. The molecule has 4 aromatic carbocycles. The lowest BCUT2D eigenvalue weighted by molar-refractivity contribution is 0.590. The lowest BCUT2D eigenvalue weighted by Gasteiger charge is -2.19. The van der Waals surface area contributed by atoms with Crippen molar-refractivity contribution in [2.45, 2.75) is 46.0 Å². The largest absolute Gasteiger partial charge is 0.354 e. The van der Waals surface area contributed by atoms with Crippen molar-refractivity contribution in [1.82, 2.24) is 19.9 Å². The monoisotopic (exact) mass is 712 g/mol. The van der Waals surface area contributed by atoms with Crippen LogP contribution in [-0.4, -0.2) is 19.9 Å². The van der Waals surface area contributed by atoms with Gasteiger partial charge in [0.15, 0.2) is 0 Å². The van der Waals surface area contributed by atoms with Crippen LogP contribution in [0.3, 0.4) is 0 Å². The number of benzene rings is 4. The van der Waals surface area contributed by atoms with Crippen LogP contribution in [0.1, 0.15) is 74.4 Å². The minimum absolute atomic E-state index is 0.0449. The molecule has 5 heterocycles. The van der Waals surface area contributed by atoms with Crippen LogP contribution >= 0.6 is 0 Å². The molecule has 0 amide bonds. The number of aromatic amines is 2. The number of H-pyrrole nitrogens is 2. The second kappa shape index (κ2) is 13.7. The topological polar surface area (TPSA) is 57.4 Å². The standard InChI is InChI=1S/C51H44N4/c1-32(2)33-16-18-36(19-17-33)49-43-28-24-39(52-43)47(34-12-8-6-9-13-34)41-26-30-45(54-41)50(37-20-22-38(23-21-37)51(3,4)5)46-31-27-42(55-46)48(35-14-10-7-11-15-35)40-25-29-44(49)53-40/h6-32,52,55H,1-5H3. The van der Waals surface area contributed by atoms with Crippen LogP contribution in [0.5, 0.6) is 0 Å². The van der Waals surface area contributed by atoms with Crippen LogP contribution in [0, 0.1) is 0 Å². The highest BCUT2D eigenvalue weighted by Gasteiger charge is 2.20. The second-order valence-corrected chi connectivity index (χ2v) is 15.8. The summed E-state index contributed by atoms with van der Waals surface area (Å²) in [4.78, 5) is 18.6. The van der Waals surface area contributed by atoms with Gasteiger partial charge < -0.3 is 9.97 Å². The maximum atomic E-state index is 5.45. The third-order valence-corrected chi connectivity index (χ3v) is 10.8. The molecule has 0 unspecified atom stereocenters. The SMILES string of the molecule is CC(C)c1ccc(-c2c3nc(c(-c4ccccc4)c4ccc([nH]4)c(-c4ccc(C(C)(C)C)cc4)c4nc(c(-c5ccccc5)c5ccc2[nH]5)C=C4)C=C3)cc1. The van der Waals surface area contributed by atoms with Crippen molar-refractivity contribution in [3.8, 4) is 44.5 Å². The Morgan fingerprint density at radius 2 is 0.727 bits per heavy atom. The van der Waals surface area contributed by atoms with E-state index in [1.165, 1.54) is 11.1 Å². The van der Waals surface area contributed by atoms with Gasteiger partial charge >= 0.3 is 0 Å². The van der Waals surface area contributed by atoms with Gasteiger partial charge in [-0.2, -0.15) is 0 Å². The third-order valence-electron chi connectivity index (χ3n) is 10.8.